The summed E-state index contributed by atoms with van der Waals surface area (Å²) < 4.78 is 45.1. The first-order valence-electron chi connectivity index (χ1n) is 11.4. The molecule has 1 saturated heterocycles. The number of nitrogens with zero attached hydrogens (tertiary/aromatic N) is 4. The fraction of sp³-hybridized carbons (Fsp3) is 0.478. The van der Waals surface area contributed by atoms with Crippen molar-refractivity contribution in [2.45, 2.75) is 38.8 Å². The Morgan fingerprint density at radius 3 is 2.43 bits per heavy atom. The van der Waals surface area contributed by atoms with E-state index in [1.165, 1.54) is 11.0 Å². The Morgan fingerprint density at radius 2 is 1.80 bits per heavy atom. The van der Waals surface area contributed by atoms with Crippen molar-refractivity contribution in [2.24, 2.45) is 0 Å². The van der Waals surface area contributed by atoms with Crippen molar-refractivity contribution in [3.05, 3.63) is 46.5 Å². The number of piperazine rings is 1. The van der Waals surface area contributed by atoms with E-state index in [1.807, 2.05) is 4.90 Å². The lowest BCUT2D eigenvalue weighted by atomic mass is 10.1. The quantitative estimate of drug-likeness (QED) is 0.511. The Balaban J connectivity index is 1.53. The summed E-state index contributed by atoms with van der Waals surface area (Å²) in [7, 11) is 0. The zero-order valence-corrected chi connectivity index (χ0v) is 20.0. The van der Waals surface area contributed by atoms with Crippen molar-refractivity contribution in [3.63, 3.8) is 0 Å². The minimum atomic E-state index is -4.66. The summed E-state index contributed by atoms with van der Waals surface area (Å²) in [5.74, 6) is -0.174. The van der Waals surface area contributed by atoms with Gasteiger partial charge in [0.05, 0.1) is 11.1 Å². The number of alkyl halides is 3. The van der Waals surface area contributed by atoms with Crippen LogP contribution in [0.4, 0.5) is 23.8 Å². The van der Waals surface area contributed by atoms with Gasteiger partial charge in [-0.25, -0.2) is 4.79 Å². The van der Waals surface area contributed by atoms with E-state index in [0.29, 0.717) is 25.5 Å². The Morgan fingerprint density at radius 1 is 1.06 bits per heavy atom. The Hall–Kier alpha value is -3.08. The summed E-state index contributed by atoms with van der Waals surface area (Å²) in [5.41, 5.74) is -1.48. The maximum absolute atomic E-state index is 13.3. The van der Waals surface area contributed by atoms with Gasteiger partial charge in [0.2, 0.25) is 5.88 Å². The molecule has 2 amide bonds. The highest BCUT2D eigenvalue weighted by atomic mass is 35.5. The molecular formula is C23H27ClF3N5O3. The lowest BCUT2D eigenvalue weighted by Crippen LogP contribution is -2.49. The molecule has 8 nitrogen and oxygen atoms in total. The number of rotatable bonds is 8. The van der Waals surface area contributed by atoms with E-state index < -0.39 is 29.3 Å². The number of amides is 2. The number of ether oxygens (including phenoxy) is 1. The van der Waals surface area contributed by atoms with Gasteiger partial charge in [-0.1, -0.05) is 37.8 Å². The summed E-state index contributed by atoms with van der Waals surface area (Å²) >= 11 is 5.84. The van der Waals surface area contributed by atoms with E-state index >= 15 is 0 Å². The lowest BCUT2D eigenvalue weighted by Gasteiger charge is -2.35. The normalized spacial score (nSPS) is 14.1. The molecule has 1 aliphatic rings. The fourth-order valence-corrected chi connectivity index (χ4v) is 3.83. The first-order valence-corrected chi connectivity index (χ1v) is 11.8. The standard InChI is InChI=1S/C23H27ClF3N5O3/c1-2-3-4-5-10-28-22(34)35-20-9-8-19(29-30-20)31-11-13-32(14-12-31)21(33)17-15-16(24)6-7-18(17)23(25,26)27/h6-9,15H,2-5,10-14H2,1H3,(H,28,34). The molecule has 1 aliphatic heterocycles. The number of anilines is 1. The van der Waals surface area contributed by atoms with E-state index in [-0.39, 0.29) is 24.0 Å². The van der Waals surface area contributed by atoms with Crippen molar-refractivity contribution in [3.8, 4) is 5.88 Å². The van der Waals surface area contributed by atoms with Crippen LogP contribution in [0.3, 0.4) is 0 Å². The smallest absolute Gasteiger partial charge is 0.390 e. The summed E-state index contributed by atoms with van der Waals surface area (Å²) in [4.78, 5) is 27.8. The minimum Gasteiger partial charge on any atom is -0.390 e. The fourth-order valence-electron chi connectivity index (χ4n) is 3.66. The van der Waals surface area contributed by atoms with E-state index in [4.69, 9.17) is 16.3 Å². The molecule has 0 atom stereocenters. The number of carbonyl (C=O) groups excluding carboxylic acids is 2. The molecule has 0 radical (unpaired) electrons. The van der Waals surface area contributed by atoms with Gasteiger partial charge >= 0.3 is 12.3 Å². The van der Waals surface area contributed by atoms with Crippen LogP contribution in [-0.2, 0) is 6.18 Å². The second-order valence-corrected chi connectivity index (χ2v) is 8.51. The Kier molecular flexibility index (Phi) is 9.13. The summed E-state index contributed by atoms with van der Waals surface area (Å²) in [6.07, 6.45) is -1.14. The molecule has 3 rings (SSSR count). The van der Waals surface area contributed by atoms with Crippen LogP contribution in [0, 0.1) is 0 Å². The van der Waals surface area contributed by atoms with Crippen molar-refractivity contribution in [1.82, 2.24) is 20.4 Å². The molecular weight excluding hydrogens is 487 g/mol. The highest BCUT2D eigenvalue weighted by Crippen LogP contribution is 2.34. The van der Waals surface area contributed by atoms with Gasteiger partial charge in [-0.15, -0.1) is 10.2 Å². The van der Waals surface area contributed by atoms with Gasteiger partial charge in [0, 0.05) is 43.8 Å². The van der Waals surface area contributed by atoms with Crippen LogP contribution in [0.2, 0.25) is 5.02 Å². The van der Waals surface area contributed by atoms with Crippen LogP contribution in [-0.4, -0.2) is 59.8 Å². The molecule has 2 aromatic rings. The van der Waals surface area contributed by atoms with E-state index in [9.17, 15) is 22.8 Å². The number of aromatic nitrogens is 2. The van der Waals surface area contributed by atoms with Crippen molar-refractivity contribution < 1.29 is 27.5 Å². The maximum Gasteiger partial charge on any atom is 0.417 e. The van der Waals surface area contributed by atoms with Crippen LogP contribution >= 0.6 is 11.6 Å². The second-order valence-electron chi connectivity index (χ2n) is 8.07. The maximum atomic E-state index is 13.3. The molecule has 35 heavy (non-hydrogen) atoms. The molecule has 1 N–H and O–H groups in total. The third-order valence-electron chi connectivity index (χ3n) is 5.53. The average molecular weight is 514 g/mol. The molecule has 1 aromatic heterocycles. The number of nitrogens with one attached hydrogen (secondary N) is 1. The third-order valence-corrected chi connectivity index (χ3v) is 5.77. The van der Waals surface area contributed by atoms with Gasteiger partial charge < -0.3 is 19.9 Å². The molecule has 1 fully saturated rings. The van der Waals surface area contributed by atoms with Gasteiger partial charge in [-0.3, -0.25) is 4.79 Å². The van der Waals surface area contributed by atoms with Crippen LogP contribution < -0.4 is 15.0 Å². The number of hydrogen-bond donors (Lipinski definition) is 1. The van der Waals surface area contributed by atoms with Crippen LogP contribution in [0.15, 0.2) is 30.3 Å². The van der Waals surface area contributed by atoms with E-state index in [2.05, 4.69) is 22.4 Å². The first-order chi connectivity index (χ1) is 16.7. The van der Waals surface area contributed by atoms with Crippen LogP contribution in [0.25, 0.3) is 0 Å². The topological polar surface area (TPSA) is 87.7 Å². The van der Waals surface area contributed by atoms with Crippen molar-refractivity contribution in [2.75, 3.05) is 37.6 Å². The molecule has 0 saturated carbocycles. The highest BCUT2D eigenvalue weighted by molar-refractivity contribution is 6.31. The number of hydrogen-bond acceptors (Lipinski definition) is 6. The van der Waals surface area contributed by atoms with Crippen LogP contribution in [0.1, 0.15) is 48.5 Å². The zero-order valence-electron chi connectivity index (χ0n) is 19.3. The largest absolute Gasteiger partial charge is 0.417 e. The number of carbonyl (C=O) groups is 2. The van der Waals surface area contributed by atoms with Crippen molar-refractivity contribution in [1.29, 1.82) is 0 Å². The van der Waals surface area contributed by atoms with Gasteiger partial charge in [0.15, 0.2) is 5.82 Å². The molecule has 1 aromatic carbocycles. The van der Waals surface area contributed by atoms with E-state index in [0.717, 1.165) is 43.9 Å². The third kappa shape index (κ3) is 7.45. The van der Waals surface area contributed by atoms with E-state index in [1.54, 1.807) is 6.07 Å². The molecule has 12 heteroatoms. The summed E-state index contributed by atoms with van der Waals surface area (Å²) in [6.45, 7) is 3.72. The SMILES string of the molecule is CCCCCCNC(=O)Oc1ccc(N2CCN(C(=O)c3cc(Cl)ccc3C(F)(F)F)CC2)nn1. The molecule has 190 valence electrons. The summed E-state index contributed by atoms with van der Waals surface area (Å²) in [6, 6.07) is 6.12. The summed E-state index contributed by atoms with van der Waals surface area (Å²) in [5, 5.41) is 10.7. The first kappa shape index (κ1) is 26.5. The number of halogens is 4. The molecule has 2 heterocycles. The number of benzene rings is 1. The average Bonchev–Trinajstić information content (AvgIpc) is 2.83. The molecule has 0 bridgehead atoms. The zero-order chi connectivity index (χ0) is 25.4. The van der Waals surface area contributed by atoms with Crippen LogP contribution in [0.5, 0.6) is 5.88 Å². The minimum absolute atomic E-state index is 0.0502. The van der Waals surface area contributed by atoms with Gasteiger partial charge in [-0.2, -0.15) is 13.2 Å². The second kappa shape index (κ2) is 12.1. The Bertz CT molecular complexity index is 1010. The van der Waals surface area contributed by atoms with Gasteiger partial charge in [-0.05, 0) is 30.7 Å². The molecule has 0 aliphatic carbocycles. The van der Waals surface area contributed by atoms with Gasteiger partial charge in [0.1, 0.15) is 0 Å². The monoisotopic (exact) mass is 513 g/mol. The Labute approximate surface area is 206 Å². The molecule has 0 unspecified atom stereocenters. The number of unbranched alkanes of at least 4 members (excludes halogenated alkanes) is 3. The van der Waals surface area contributed by atoms with Crippen molar-refractivity contribution >= 4 is 29.4 Å². The predicted octanol–water partition coefficient (Wildman–Crippen LogP) is 4.78. The predicted molar refractivity (Wildman–Crippen MR) is 125 cm³/mol. The lowest BCUT2D eigenvalue weighted by molar-refractivity contribution is -0.138. The van der Waals surface area contributed by atoms with Gasteiger partial charge in [0.25, 0.3) is 5.91 Å². The molecule has 0 spiro atoms. The highest BCUT2D eigenvalue weighted by Gasteiger charge is 2.37.